The molecule has 1 rings (SSSR count). The Morgan fingerprint density at radius 1 is 1.41 bits per heavy atom. The minimum absolute atomic E-state index is 0.120. The van der Waals surface area contributed by atoms with Crippen molar-refractivity contribution in [3.63, 3.8) is 0 Å². The van der Waals surface area contributed by atoms with Crippen LogP contribution in [0.1, 0.15) is 19.8 Å². The number of benzene rings is 1. The van der Waals surface area contributed by atoms with Crippen molar-refractivity contribution in [2.24, 2.45) is 0 Å². The van der Waals surface area contributed by atoms with Gasteiger partial charge in [0.15, 0.2) is 0 Å². The van der Waals surface area contributed by atoms with E-state index < -0.39 is 0 Å². The Morgan fingerprint density at radius 3 is 2.76 bits per heavy atom. The van der Waals surface area contributed by atoms with Crippen LogP contribution < -0.4 is 5.32 Å². The van der Waals surface area contributed by atoms with E-state index in [9.17, 15) is 4.79 Å². The first-order valence-electron chi connectivity index (χ1n) is 5.87. The third-order valence-electron chi connectivity index (χ3n) is 2.58. The molecule has 94 valence electrons. The first kappa shape index (κ1) is 14.0. The summed E-state index contributed by atoms with van der Waals surface area (Å²) in [5.41, 5.74) is 0.949. The first-order valence-corrected chi connectivity index (χ1v) is 6.66. The van der Waals surface area contributed by atoms with Crippen LogP contribution >= 0.6 is 15.9 Å². The number of anilines is 1. The van der Waals surface area contributed by atoms with Crippen molar-refractivity contribution in [1.82, 2.24) is 4.90 Å². The molecule has 3 nitrogen and oxygen atoms in total. The molecule has 4 heteroatoms. The van der Waals surface area contributed by atoms with Gasteiger partial charge < -0.3 is 10.2 Å². The van der Waals surface area contributed by atoms with E-state index in [-0.39, 0.29) is 5.91 Å². The zero-order valence-electron chi connectivity index (χ0n) is 10.4. The molecular weight excluding hydrogens is 280 g/mol. The van der Waals surface area contributed by atoms with Crippen LogP contribution in [-0.2, 0) is 4.79 Å². The van der Waals surface area contributed by atoms with Crippen molar-refractivity contribution in [1.29, 1.82) is 0 Å². The summed E-state index contributed by atoms with van der Waals surface area (Å²) in [4.78, 5) is 13.6. The Kier molecular flexibility index (Phi) is 6.05. The van der Waals surface area contributed by atoms with Gasteiger partial charge in [0.25, 0.3) is 0 Å². The molecule has 0 heterocycles. The van der Waals surface area contributed by atoms with E-state index in [1.54, 1.807) is 4.90 Å². The lowest BCUT2D eigenvalue weighted by Gasteiger charge is -2.17. The Bertz CT molecular complexity index is 368. The van der Waals surface area contributed by atoms with Crippen molar-refractivity contribution in [3.8, 4) is 0 Å². The number of halogens is 1. The molecule has 17 heavy (non-hydrogen) atoms. The Hall–Kier alpha value is -1.03. The van der Waals surface area contributed by atoms with E-state index in [1.807, 2.05) is 31.3 Å². The molecule has 1 aromatic carbocycles. The average Bonchev–Trinajstić information content (AvgIpc) is 2.34. The highest BCUT2D eigenvalue weighted by molar-refractivity contribution is 9.10. The zero-order valence-corrected chi connectivity index (χ0v) is 12.0. The molecule has 0 aliphatic heterocycles. The quantitative estimate of drug-likeness (QED) is 0.875. The number of carbonyl (C=O) groups is 1. The van der Waals surface area contributed by atoms with Crippen LogP contribution in [-0.4, -0.2) is 30.9 Å². The normalized spacial score (nSPS) is 10.1. The molecule has 0 aromatic heterocycles. The van der Waals surface area contributed by atoms with Crippen molar-refractivity contribution in [3.05, 3.63) is 28.7 Å². The second kappa shape index (κ2) is 7.33. The van der Waals surface area contributed by atoms with E-state index in [2.05, 4.69) is 28.2 Å². The topological polar surface area (TPSA) is 32.3 Å². The number of unbranched alkanes of at least 4 members (excludes halogenated alkanes) is 1. The van der Waals surface area contributed by atoms with Gasteiger partial charge in [0.2, 0.25) is 5.91 Å². The molecule has 0 aliphatic rings. The van der Waals surface area contributed by atoms with Gasteiger partial charge in [-0.15, -0.1) is 0 Å². The molecule has 1 amide bonds. The van der Waals surface area contributed by atoms with Crippen LogP contribution in [0.3, 0.4) is 0 Å². The average molecular weight is 299 g/mol. The predicted molar refractivity (Wildman–Crippen MR) is 75.2 cm³/mol. The predicted octanol–water partition coefficient (Wildman–Crippen LogP) is 3.12. The summed E-state index contributed by atoms with van der Waals surface area (Å²) < 4.78 is 0.976. The second-order valence-electron chi connectivity index (χ2n) is 4.00. The maximum atomic E-state index is 11.8. The van der Waals surface area contributed by atoms with Gasteiger partial charge in [0, 0.05) is 23.8 Å². The van der Waals surface area contributed by atoms with Crippen molar-refractivity contribution in [2.75, 3.05) is 25.5 Å². The third-order valence-corrected chi connectivity index (χ3v) is 3.27. The number of likely N-dealkylation sites (N-methyl/N-ethyl adjacent to an activating group) is 1. The number of hydrogen-bond donors (Lipinski definition) is 1. The third kappa shape index (κ3) is 4.77. The molecule has 0 fully saturated rings. The Balaban J connectivity index is 2.40. The van der Waals surface area contributed by atoms with Crippen LogP contribution in [0.4, 0.5) is 5.69 Å². The van der Waals surface area contributed by atoms with Crippen molar-refractivity contribution >= 4 is 27.5 Å². The lowest BCUT2D eigenvalue weighted by atomic mass is 10.3. The number of para-hydroxylation sites is 1. The molecule has 0 unspecified atom stereocenters. The molecular formula is C13H19BrN2O. The minimum Gasteiger partial charge on any atom is -0.375 e. The van der Waals surface area contributed by atoms with E-state index in [1.165, 1.54) is 0 Å². The number of nitrogens with zero attached hydrogens (tertiary/aromatic N) is 1. The first-order chi connectivity index (χ1) is 8.15. The number of rotatable bonds is 6. The monoisotopic (exact) mass is 298 g/mol. The number of nitrogens with one attached hydrogen (secondary N) is 1. The molecule has 0 aliphatic carbocycles. The summed E-state index contributed by atoms with van der Waals surface area (Å²) >= 11 is 3.44. The van der Waals surface area contributed by atoms with E-state index in [0.717, 1.165) is 29.5 Å². The maximum absolute atomic E-state index is 11.8. The molecule has 1 N–H and O–H groups in total. The van der Waals surface area contributed by atoms with Crippen molar-refractivity contribution < 1.29 is 4.79 Å². The molecule has 0 saturated carbocycles. The van der Waals surface area contributed by atoms with E-state index >= 15 is 0 Å². The molecule has 0 bridgehead atoms. The lowest BCUT2D eigenvalue weighted by molar-refractivity contribution is -0.128. The molecule has 0 spiro atoms. The summed E-state index contributed by atoms with van der Waals surface area (Å²) in [5, 5.41) is 3.13. The van der Waals surface area contributed by atoms with Gasteiger partial charge in [-0.2, -0.15) is 0 Å². The highest BCUT2D eigenvalue weighted by atomic mass is 79.9. The van der Waals surface area contributed by atoms with Crippen LogP contribution in [0.2, 0.25) is 0 Å². The fraction of sp³-hybridized carbons (Fsp3) is 0.462. The molecule has 1 aromatic rings. The number of amides is 1. The van der Waals surface area contributed by atoms with Crippen molar-refractivity contribution in [2.45, 2.75) is 19.8 Å². The second-order valence-corrected chi connectivity index (χ2v) is 4.86. The van der Waals surface area contributed by atoms with Crippen LogP contribution in [0, 0.1) is 0 Å². The Labute approximate surface area is 111 Å². The largest absolute Gasteiger partial charge is 0.375 e. The van der Waals surface area contributed by atoms with E-state index in [4.69, 9.17) is 0 Å². The zero-order chi connectivity index (χ0) is 12.7. The smallest absolute Gasteiger partial charge is 0.241 e. The number of hydrogen-bond acceptors (Lipinski definition) is 2. The summed E-state index contributed by atoms with van der Waals surface area (Å²) in [6.07, 6.45) is 2.16. The summed E-state index contributed by atoms with van der Waals surface area (Å²) in [5.74, 6) is 0.120. The highest BCUT2D eigenvalue weighted by Gasteiger charge is 2.08. The van der Waals surface area contributed by atoms with Gasteiger partial charge in [-0.25, -0.2) is 0 Å². The van der Waals surface area contributed by atoms with Gasteiger partial charge in [-0.3, -0.25) is 4.79 Å². The standard InChI is InChI=1S/C13H19BrN2O/c1-3-4-9-16(2)13(17)10-15-12-8-6-5-7-11(12)14/h5-8,15H,3-4,9-10H2,1-2H3. The van der Waals surface area contributed by atoms with Crippen LogP contribution in [0.15, 0.2) is 28.7 Å². The van der Waals surface area contributed by atoms with E-state index in [0.29, 0.717) is 6.54 Å². The van der Waals surface area contributed by atoms with Gasteiger partial charge in [-0.1, -0.05) is 25.5 Å². The molecule has 0 radical (unpaired) electrons. The minimum atomic E-state index is 0.120. The van der Waals surface area contributed by atoms with Gasteiger partial charge in [0.05, 0.1) is 6.54 Å². The van der Waals surface area contributed by atoms with Gasteiger partial charge in [0.1, 0.15) is 0 Å². The fourth-order valence-corrected chi connectivity index (χ4v) is 1.86. The van der Waals surface area contributed by atoms with Gasteiger partial charge in [-0.05, 0) is 34.5 Å². The highest BCUT2D eigenvalue weighted by Crippen LogP contribution is 2.20. The molecule has 0 saturated heterocycles. The summed E-state index contributed by atoms with van der Waals surface area (Å²) in [6, 6.07) is 7.79. The lowest BCUT2D eigenvalue weighted by Crippen LogP contribution is -2.32. The summed E-state index contributed by atoms with van der Waals surface area (Å²) in [6.45, 7) is 3.29. The SMILES string of the molecule is CCCCN(C)C(=O)CNc1ccccc1Br. The van der Waals surface area contributed by atoms with Crippen LogP contribution in [0.25, 0.3) is 0 Å². The Morgan fingerprint density at radius 2 is 2.12 bits per heavy atom. The summed E-state index contributed by atoms with van der Waals surface area (Å²) in [7, 11) is 1.85. The van der Waals surface area contributed by atoms with Gasteiger partial charge >= 0.3 is 0 Å². The van der Waals surface area contributed by atoms with Crippen LogP contribution in [0.5, 0.6) is 0 Å². The number of carbonyl (C=O) groups excluding carboxylic acids is 1. The molecule has 0 atom stereocenters. The maximum Gasteiger partial charge on any atom is 0.241 e. The fourth-order valence-electron chi connectivity index (χ4n) is 1.43.